The molecule has 0 aliphatic carbocycles. The van der Waals surface area contributed by atoms with Crippen LogP contribution in [0.25, 0.3) is 11.1 Å². The van der Waals surface area contributed by atoms with E-state index in [4.69, 9.17) is 14.6 Å². The van der Waals surface area contributed by atoms with Crippen molar-refractivity contribution in [1.29, 1.82) is 0 Å². The SMILES string of the molecule is COc1cc(C(=O)O)ccc1-c1cnccc1OC. The largest absolute Gasteiger partial charge is 0.496 e. The van der Waals surface area contributed by atoms with E-state index in [9.17, 15) is 4.79 Å². The fourth-order valence-electron chi connectivity index (χ4n) is 1.81. The lowest BCUT2D eigenvalue weighted by molar-refractivity contribution is 0.0696. The Balaban J connectivity index is 2.59. The summed E-state index contributed by atoms with van der Waals surface area (Å²) in [4.78, 5) is 15.0. The van der Waals surface area contributed by atoms with Gasteiger partial charge < -0.3 is 14.6 Å². The van der Waals surface area contributed by atoms with Crippen LogP contribution in [0.5, 0.6) is 11.5 Å². The van der Waals surface area contributed by atoms with E-state index in [0.717, 1.165) is 11.1 Å². The molecule has 5 heteroatoms. The summed E-state index contributed by atoms with van der Waals surface area (Å²) in [6, 6.07) is 6.42. The Morgan fingerprint density at radius 2 is 1.84 bits per heavy atom. The van der Waals surface area contributed by atoms with Crippen LogP contribution in [0.4, 0.5) is 0 Å². The topological polar surface area (TPSA) is 68.7 Å². The fraction of sp³-hybridized carbons (Fsp3) is 0.143. The molecule has 0 saturated carbocycles. The molecule has 2 aromatic rings. The molecule has 1 aromatic heterocycles. The molecule has 2 rings (SSSR count). The summed E-state index contributed by atoms with van der Waals surface area (Å²) in [6.07, 6.45) is 3.28. The molecule has 1 heterocycles. The third kappa shape index (κ3) is 2.49. The fourth-order valence-corrected chi connectivity index (χ4v) is 1.81. The maximum atomic E-state index is 10.9. The number of carbonyl (C=O) groups is 1. The second-order valence-electron chi connectivity index (χ2n) is 3.80. The molecule has 0 unspecified atom stereocenters. The van der Waals surface area contributed by atoms with Gasteiger partial charge in [-0.15, -0.1) is 0 Å². The number of carboxylic acid groups (broad SMARTS) is 1. The lowest BCUT2D eigenvalue weighted by Crippen LogP contribution is -1.98. The highest BCUT2D eigenvalue weighted by Crippen LogP contribution is 2.36. The van der Waals surface area contributed by atoms with Crippen molar-refractivity contribution in [3.8, 4) is 22.6 Å². The lowest BCUT2D eigenvalue weighted by atomic mass is 10.0. The van der Waals surface area contributed by atoms with E-state index in [1.165, 1.54) is 19.2 Å². The quantitative estimate of drug-likeness (QED) is 0.913. The number of aromatic carboxylic acids is 1. The maximum Gasteiger partial charge on any atom is 0.335 e. The molecule has 0 fully saturated rings. The van der Waals surface area contributed by atoms with Crippen molar-refractivity contribution in [2.45, 2.75) is 0 Å². The summed E-state index contributed by atoms with van der Waals surface area (Å²) >= 11 is 0. The number of hydrogen-bond donors (Lipinski definition) is 1. The zero-order chi connectivity index (χ0) is 13.8. The van der Waals surface area contributed by atoms with Crippen LogP contribution in [-0.4, -0.2) is 30.3 Å². The van der Waals surface area contributed by atoms with Crippen molar-refractivity contribution in [2.24, 2.45) is 0 Å². The van der Waals surface area contributed by atoms with Gasteiger partial charge in [0.1, 0.15) is 11.5 Å². The van der Waals surface area contributed by atoms with Gasteiger partial charge in [-0.1, -0.05) is 0 Å². The Hall–Kier alpha value is -2.56. The van der Waals surface area contributed by atoms with Crippen LogP contribution in [-0.2, 0) is 0 Å². The van der Waals surface area contributed by atoms with Gasteiger partial charge in [-0.3, -0.25) is 4.98 Å². The van der Waals surface area contributed by atoms with Gasteiger partial charge in [0.15, 0.2) is 0 Å². The minimum absolute atomic E-state index is 0.170. The number of methoxy groups -OCH3 is 2. The Morgan fingerprint density at radius 3 is 2.47 bits per heavy atom. The van der Waals surface area contributed by atoms with E-state index in [2.05, 4.69) is 4.98 Å². The van der Waals surface area contributed by atoms with Crippen molar-refractivity contribution >= 4 is 5.97 Å². The average molecular weight is 259 g/mol. The van der Waals surface area contributed by atoms with Crippen molar-refractivity contribution in [3.63, 3.8) is 0 Å². The Kier molecular flexibility index (Phi) is 3.66. The van der Waals surface area contributed by atoms with E-state index in [1.54, 1.807) is 31.6 Å². The minimum Gasteiger partial charge on any atom is -0.496 e. The number of benzene rings is 1. The Morgan fingerprint density at radius 1 is 1.11 bits per heavy atom. The van der Waals surface area contributed by atoms with Gasteiger partial charge in [0.2, 0.25) is 0 Å². The normalized spacial score (nSPS) is 10.0. The van der Waals surface area contributed by atoms with Gasteiger partial charge in [0.05, 0.1) is 19.8 Å². The third-order valence-corrected chi connectivity index (χ3v) is 2.74. The lowest BCUT2D eigenvalue weighted by Gasteiger charge is -2.12. The minimum atomic E-state index is -0.997. The standard InChI is InChI=1S/C14H13NO4/c1-18-12-5-6-15-8-11(12)10-4-3-9(14(16)17)7-13(10)19-2/h3-8H,1-2H3,(H,16,17). The molecule has 0 saturated heterocycles. The predicted octanol–water partition coefficient (Wildman–Crippen LogP) is 2.46. The molecule has 19 heavy (non-hydrogen) atoms. The number of ether oxygens (including phenoxy) is 2. The second-order valence-corrected chi connectivity index (χ2v) is 3.80. The second kappa shape index (κ2) is 5.39. The molecule has 0 bridgehead atoms. The van der Waals surface area contributed by atoms with Crippen molar-refractivity contribution in [1.82, 2.24) is 4.98 Å². The van der Waals surface area contributed by atoms with Crippen molar-refractivity contribution in [2.75, 3.05) is 14.2 Å². The van der Waals surface area contributed by atoms with Crippen LogP contribution in [0.2, 0.25) is 0 Å². The molecular formula is C14H13NO4. The monoisotopic (exact) mass is 259 g/mol. The first-order valence-corrected chi connectivity index (χ1v) is 5.57. The summed E-state index contributed by atoms with van der Waals surface area (Å²) in [6.45, 7) is 0. The zero-order valence-corrected chi connectivity index (χ0v) is 10.6. The van der Waals surface area contributed by atoms with Crippen molar-refractivity contribution in [3.05, 3.63) is 42.2 Å². The van der Waals surface area contributed by atoms with Crippen LogP contribution in [0.15, 0.2) is 36.7 Å². The summed E-state index contributed by atoms with van der Waals surface area (Å²) in [5, 5.41) is 8.97. The summed E-state index contributed by atoms with van der Waals surface area (Å²) in [5.41, 5.74) is 1.65. The van der Waals surface area contributed by atoms with Crippen molar-refractivity contribution < 1.29 is 19.4 Å². The number of hydrogen-bond acceptors (Lipinski definition) is 4. The van der Waals surface area contributed by atoms with E-state index in [1.807, 2.05) is 0 Å². The van der Waals surface area contributed by atoms with Gasteiger partial charge in [-0.25, -0.2) is 4.79 Å². The summed E-state index contributed by atoms with van der Waals surface area (Å²) in [7, 11) is 3.06. The highest BCUT2D eigenvalue weighted by molar-refractivity contribution is 5.90. The predicted molar refractivity (Wildman–Crippen MR) is 69.7 cm³/mol. The number of aromatic nitrogens is 1. The van der Waals surface area contributed by atoms with Gasteiger partial charge in [-0.05, 0) is 24.3 Å². The third-order valence-electron chi connectivity index (χ3n) is 2.74. The van der Waals surface area contributed by atoms with Gasteiger partial charge >= 0.3 is 5.97 Å². The number of pyridine rings is 1. The molecule has 0 aliphatic heterocycles. The summed E-state index contributed by atoms with van der Waals surface area (Å²) < 4.78 is 10.5. The average Bonchev–Trinajstić information content (AvgIpc) is 2.46. The van der Waals surface area contributed by atoms with Crippen LogP contribution in [0.1, 0.15) is 10.4 Å². The zero-order valence-electron chi connectivity index (χ0n) is 10.6. The maximum absolute atomic E-state index is 10.9. The van der Waals surface area contributed by atoms with E-state index in [0.29, 0.717) is 11.5 Å². The first-order chi connectivity index (χ1) is 9.17. The smallest absolute Gasteiger partial charge is 0.335 e. The van der Waals surface area contributed by atoms with E-state index >= 15 is 0 Å². The molecule has 1 aromatic carbocycles. The van der Waals surface area contributed by atoms with Crippen LogP contribution in [0, 0.1) is 0 Å². The van der Waals surface area contributed by atoms with E-state index in [-0.39, 0.29) is 5.56 Å². The molecule has 0 aliphatic rings. The van der Waals surface area contributed by atoms with Gasteiger partial charge in [0, 0.05) is 23.5 Å². The molecule has 0 spiro atoms. The van der Waals surface area contributed by atoms with Gasteiger partial charge in [-0.2, -0.15) is 0 Å². The molecule has 0 amide bonds. The number of rotatable bonds is 4. The highest BCUT2D eigenvalue weighted by Gasteiger charge is 2.13. The molecule has 0 atom stereocenters. The summed E-state index contributed by atoms with van der Waals surface area (Å²) in [5.74, 6) is 0.116. The number of carboxylic acids is 1. The highest BCUT2D eigenvalue weighted by atomic mass is 16.5. The van der Waals surface area contributed by atoms with Crippen LogP contribution in [0.3, 0.4) is 0 Å². The molecule has 5 nitrogen and oxygen atoms in total. The first-order valence-electron chi connectivity index (χ1n) is 5.57. The van der Waals surface area contributed by atoms with Gasteiger partial charge in [0.25, 0.3) is 0 Å². The Bertz CT molecular complexity index is 610. The van der Waals surface area contributed by atoms with Crippen LogP contribution >= 0.6 is 0 Å². The number of nitrogens with zero attached hydrogens (tertiary/aromatic N) is 1. The van der Waals surface area contributed by atoms with E-state index < -0.39 is 5.97 Å². The molecule has 98 valence electrons. The molecule has 1 N–H and O–H groups in total. The molecule has 0 radical (unpaired) electrons. The van der Waals surface area contributed by atoms with Crippen LogP contribution < -0.4 is 9.47 Å². The first kappa shape index (κ1) is 12.9. The molecular weight excluding hydrogens is 246 g/mol. The Labute approximate surface area is 110 Å².